The van der Waals surface area contributed by atoms with E-state index in [1.165, 1.54) is 5.56 Å². The van der Waals surface area contributed by atoms with Gasteiger partial charge in [-0.2, -0.15) is 0 Å². The van der Waals surface area contributed by atoms with Crippen molar-refractivity contribution < 1.29 is 4.79 Å². The standard InChI is InChI=1S/C16H15O/c1-2-6-13-9-10-16(15(11-13)12-17)14-7-4-3-5-8-14/h3-5,7-11H,2,6H2,1H3. The van der Waals surface area contributed by atoms with Crippen LogP contribution in [0.1, 0.15) is 24.5 Å². The van der Waals surface area contributed by atoms with Gasteiger partial charge in [-0.1, -0.05) is 55.8 Å². The molecule has 0 bridgehead atoms. The second-order valence-electron chi connectivity index (χ2n) is 4.10. The monoisotopic (exact) mass is 223 g/mol. The molecule has 2 aromatic rings. The fraction of sp³-hybridized carbons (Fsp3) is 0.188. The lowest BCUT2D eigenvalue weighted by atomic mass is 9.97. The first-order chi connectivity index (χ1) is 8.35. The Labute approximate surface area is 102 Å². The quantitative estimate of drug-likeness (QED) is 0.771. The SMILES string of the molecule is CCCc1ccc(-c2ccccc2)c([C]=O)c1. The minimum atomic E-state index is 0.655. The van der Waals surface area contributed by atoms with E-state index in [0.717, 1.165) is 24.0 Å². The van der Waals surface area contributed by atoms with Gasteiger partial charge in [-0.3, -0.25) is 4.79 Å². The Balaban J connectivity index is 2.45. The van der Waals surface area contributed by atoms with Crippen LogP contribution in [0.25, 0.3) is 11.1 Å². The maximum absolute atomic E-state index is 11.0. The van der Waals surface area contributed by atoms with Crippen LogP contribution >= 0.6 is 0 Å². The molecule has 1 radical (unpaired) electrons. The summed E-state index contributed by atoms with van der Waals surface area (Å²) in [6.07, 6.45) is 4.13. The molecule has 85 valence electrons. The van der Waals surface area contributed by atoms with Gasteiger partial charge < -0.3 is 0 Å². The van der Waals surface area contributed by atoms with Crippen molar-refractivity contribution >= 4 is 6.29 Å². The number of hydrogen-bond donors (Lipinski definition) is 0. The molecule has 1 heteroatoms. The van der Waals surface area contributed by atoms with E-state index in [2.05, 4.69) is 13.0 Å². The molecular weight excluding hydrogens is 208 g/mol. The van der Waals surface area contributed by atoms with E-state index in [4.69, 9.17) is 0 Å². The van der Waals surface area contributed by atoms with Crippen molar-refractivity contribution in [2.24, 2.45) is 0 Å². The third-order valence-corrected chi connectivity index (χ3v) is 2.82. The van der Waals surface area contributed by atoms with E-state index in [1.807, 2.05) is 48.8 Å². The fourth-order valence-electron chi connectivity index (χ4n) is 1.99. The molecule has 0 unspecified atom stereocenters. The number of hydrogen-bond acceptors (Lipinski definition) is 1. The molecule has 2 aromatic carbocycles. The summed E-state index contributed by atoms with van der Waals surface area (Å²) >= 11 is 0. The molecule has 0 saturated heterocycles. The van der Waals surface area contributed by atoms with Gasteiger partial charge >= 0.3 is 0 Å². The van der Waals surface area contributed by atoms with Crippen LogP contribution in [0.5, 0.6) is 0 Å². The Hall–Kier alpha value is -1.89. The molecule has 17 heavy (non-hydrogen) atoms. The molecule has 0 fully saturated rings. The minimum Gasteiger partial charge on any atom is -0.285 e. The maximum Gasteiger partial charge on any atom is 0.234 e. The Kier molecular flexibility index (Phi) is 3.71. The highest BCUT2D eigenvalue weighted by atomic mass is 16.1. The number of benzene rings is 2. The van der Waals surface area contributed by atoms with E-state index in [-0.39, 0.29) is 0 Å². The minimum absolute atomic E-state index is 0.655. The Morgan fingerprint density at radius 2 is 1.82 bits per heavy atom. The number of aryl methyl sites for hydroxylation is 1. The van der Waals surface area contributed by atoms with Crippen LogP contribution in [0.2, 0.25) is 0 Å². The lowest BCUT2D eigenvalue weighted by Crippen LogP contribution is -1.91. The van der Waals surface area contributed by atoms with E-state index in [0.29, 0.717) is 5.56 Å². The van der Waals surface area contributed by atoms with Gasteiger partial charge in [-0.15, -0.1) is 0 Å². The molecule has 0 spiro atoms. The number of rotatable bonds is 4. The molecule has 0 heterocycles. The van der Waals surface area contributed by atoms with Crippen molar-refractivity contribution in [3.05, 3.63) is 59.7 Å². The maximum atomic E-state index is 11.0. The Morgan fingerprint density at radius 3 is 2.47 bits per heavy atom. The first-order valence-electron chi connectivity index (χ1n) is 5.91. The highest BCUT2D eigenvalue weighted by Crippen LogP contribution is 2.23. The van der Waals surface area contributed by atoms with Crippen LogP contribution in [0.4, 0.5) is 0 Å². The largest absolute Gasteiger partial charge is 0.285 e. The van der Waals surface area contributed by atoms with Crippen LogP contribution in [-0.4, -0.2) is 6.29 Å². The Morgan fingerprint density at radius 1 is 1.06 bits per heavy atom. The normalized spacial score (nSPS) is 10.2. The van der Waals surface area contributed by atoms with Crippen molar-refractivity contribution in [1.29, 1.82) is 0 Å². The molecule has 0 amide bonds. The molecule has 0 atom stereocenters. The van der Waals surface area contributed by atoms with Crippen molar-refractivity contribution in [3.8, 4) is 11.1 Å². The molecule has 0 aromatic heterocycles. The zero-order chi connectivity index (χ0) is 12.1. The second kappa shape index (κ2) is 5.44. The van der Waals surface area contributed by atoms with E-state index in [9.17, 15) is 4.79 Å². The third-order valence-electron chi connectivity index (χ3n) is 2.82. The molecule has 0 saturated carbocycles. The van der Waals surface area contributed by atoms with Crippen LogP contribution < -0.4 is 0 Å². The lowest BCUT2D eigenvalue weighted by Gasteiger charge is -2.07. The van der Waals surface area contributed by atoms with Gasteiger partial charge in [0.05, 0.1) is 0 Å². The summed E-state index contributed by atoms with van der Waals surface area (Å²) in [6.45, 7) is 2.13. The molecule has 0 aliphatic carbocycles. The van der Waals surface area contributed by atoms with Crippen LogP contribution in [0, 0.1) is 0 Å². The van der Waals surface area contributed by atoms with Crippen LogP contribution in [0.15, 0.2) is 48.5 Å². The van der Waals surface area contributed by atoms with Crippen LogP contribution in [0.3, 0.4) is 0 Å². The predicted octanol–water partition coefficient (Wildman–Crippen LogP) is 3.76. The second-order valence-corrected chi connectivity index (χ2v) is 4.10. The van der Waals surface area contributed by atoms with Gasteiger partial charge in [0.15, 0.2) is 0 Å². The predicted molar refractivity (Wildman–Crippen MR) is 70.7 cm³/mol. The number of carbonyl (C=O) groups excluding carboxylic acids is 1. The molecular formula is C16H15O. The topological polar surface area (TPSA) is 17.1 Å². The molecule has 2 rings (SSSR count). The van der Waals surface area contributed by atoms with Crippen molar-refractivity contribution in [1.82, 2.24) is 0 Å². The van der Waals surface area contributed by atoms with Gasteiger partial charge in [0.1, 0.15) is 0 Å². The van der Waals surface area contributed by atoms with E-state index >= 15 is 0 Å². The summed E-state index contributed by atoms with van der Waals surface area (Å²) in [7, 11) is 0. The zero-order valence-electron chi connectivity index (χ0n) is 9.94. The van der Waals surface area contributed by atoms with Crippen molar-refractivity contribution in [2.75, 3.05) is 0 Å². The molecule has 0 aliphatic rings. The molecule has 0 N–H and O–H groups in total. The highest BCUT2D eigenvalue weighted by Gasteiger charge is 2.05. The van der Waals surface area contributed by atoms with Gasteiger partial charge in [0.2, 0.25) is 6.29 Å². The van der Waals surface area contributed by atoms with Gasteiger partial charge in [0, 0.05) is 5.56 Å². The highest BCUT2D eigenvalue weighted by molar-refractivity contribution is 5.88. The first kappa shape index (κ1) is 11.6. The average Bonchev–Trinajstić information content (AvgIpc) is 2.40. The Bertz CT molecular complexity index is 500. The fourth-order valence-corrected chi connectivity index (χ4v) is 1.99. The van der Waals surface area contributed by atoms with Crippen LogP contribution in [-0.2, 0) is 11.2 Å². The van der Waals surface area contributed by atoms with E-state index < -0.39 is 0 Å². The lowest BCUT2D eigenvalue weighted by molar-refractivity contribution is 0.563. The first-order valence-corrected chi connectivity index (χ1v) is 5.91. The van der Waals surface area contributed by atoms with Crippen molar-refractivity contribution in [2.45, 2.75) is 19.8 Å². The summed E-state index contributed by atoms with van der Waals surface area (Å²) in [5.41, 5.74) is 3.88. The van der Waals surface area contributed by atoms with Gasteiger partial charge in [0.25, 0.3) is 0 Å². The van der Waals surface area contributed by atoms with Gasteiger partial charge in [-0.05, 0) is 29.2 Å². The summed E-state index contributed by atoms with van der Waals surface area (Å²) in [6, 6.07) is 16.0. The molecule has 0 aliphatic heterocycles. The summed E-state index contributed by atoms with van der Waals surface area (Å²) in [4.78, 5) is 11.0. The van der Waals surface area contributed by atoms with E-state index in [1.54, 1.807) is 0 Å². The van der Waals surface area contributed by atoms with Crippen molar-refractivity contribution in [3.63, 3.8) is 0 Å². The summed E-state index contributed by atoms with van der Waals surface area (Å²) in [5.74, 6) is 0. The summed E-state index contributed by atoms with van der Waals surface area (Å²) in [5, 5.41) is 0. The summed E-state index contributed by atoms with van der Waals surface area (Å²) < 4.78 is 0. The third kappa shape index (κ3) is 2.62. The zero-order valence-corrected chi connectivity index (χ0v) is 9.94. The molecule has 1 nitrogen and oxygen atoms in total. The average molecular weight is 223 g/mol. The van der Waals surface area contributed by atoms with Gasteiger partial charge in [-0.25, -0.2) is 0 Å². The smallest absolute Gasteiger partial charge is 0.234 e.